The van der Waals surface area contributed by atoms with Crippen molar-refractivity contribution in [1.82, 2.24) is 15.3 Å². The summed E-state index contributed by atoms with van der Waals surface area (Å²) in [7, 11) is 0. The van der Waals surface area contributed by atoms with Gasteiger partial charge in [-0.15, -0.1) is 0 Å². The third-order valence-electron chi connectivity index (χ3n) is 3.58. The predicted octanol–water partition coefficient (Wildman–Crippen LogP) is 2.39. The Morgan fingerprint density at radius 1 is 1.32 bits per heavy atom. The van der Waals surface area contributed by atoms with Crippen LogP contribution in [0, 0.1) is 5.82 Å². The fourth-order valence-corrected chi connectivity index (χ4v) is 2.40. The Labute approximate surface area is 142 Å². The van der Waals surface area contributed by atoms with E-state index >= 15 is 0 Å². The summed E-state index contributed by atoms with van der Waals surface area (Å²) in [6.45, 7) is 2.34. The molecule has 0 aliphatic carbocycles. The minimum absolute atomic E-state index is 0.0648. The number of rotatable bonds is 5. The molecule has 0 aliphatic heterocycles. The van der Waals surface area contributed by atoms with Crippen LogP contribution < -0.4 is 15.5 Å². The highest BCUT2D eigenvalue weighted by atomic mass is 19.1. The van der Waals surface area contributed by atoms with Gasteiger partial charge in [-0.3, -0.25) is 9.59 Å². The van der Waals surface area contributed by atoms with Gasteiger partial charge in [-0.2, -0.15) is 0 Å². The van der Waals surface area contributed by atoms with E-state index in [-0.39, 0.29) is 23.4 Å². The van der Waals surface area contributed by atoms with Crippen molar-refractivity contribution in [1.29, 1.82) is 0 Å². The Bertz CT molecular complexity index is 985. The Balaban J connectivity index is 1.85. The van der Waals surface area contributed by atoms with Crippen molar-refractivity contribution in [2.24, 2.45) is 0 Å². The molecule has 0 unspecified atom stereocenters. The molecule has 0 atom stereocenters. The maximum atomic E-state index is 13.2. The molecule has 0 spiro atoms. The second-order valence-electron chi connectivity index (χ2n) is 5.32. The number of amides is 1. The summed E-state index contributed by atoms with van der Waals surface area (Å²) in [6, 6.07) is 9.19. The van der Waals surface area contributed by atoms with E-state index in [0.29, 0.717) is 23.6 Å². The first-order valence-electron chi connectivity index (χ1n) is 7.76. The maximum Gasteiger partial charge on any atom is 0.257 e. The fraction of sp³-hybridized carbons (Fsp3) is 0.167. The first-order chi connectivity index (χ1) is 12.1. The van der Waals surface area contributed by atoms with Gasteiger partial charge in [0.2, 0.25) is 11.3 Å². The molecule has 7 heteroatoms. The van der Waals surface area contributed by atoms with Crippen molar-refractivity contribution in [3.63, 3.8) is 0 Å². The lowest BCUT2D eigenvalue weighted by Crippen LogP contribution is -2.28. The predicted molar refractivity (Wildman–Crippen MR) is 91.1 cm³/mol. The first kappa shape index (κ1) is 16.6. The summed E-state index contributed by atoms with van der Waals surface area (Å²) in [5.74, 6) is -0.628. The lowest BCUT2D eigenvalue weighted by molar-refractivity contribution is 0.0949. The average molecular weight is 341 g/mol. The minimum Gasteiger partial charge on any atom is -0.478 e. The maximum absolute atomic E-state index is 13.2. The van der Waals surface area contributed by atoms with Crippen LogP contribution in [0.3, 0.4) is 0 Å². The van der Waals surface area contributed by atoms with E-state index in [2.05, 4.69) is 15.3 Å². The highest BCUT2D eigenvalue weighted by Crippen LogP contribution is 2.12. The van der Waals surface area contributed by atoms with E-state index < -0.39 is 11.3 Å². The molecule has 2 N–H and O–H groups in total. The van der Waals surface area contributed by atoms with Crippen LogP contribution in [0.2, 0.25) is 0 Å². The highest BCUT2D eigenvalue weighted by Gasteiger charge is 2.14. The molecule has 25 heavy (non-hydrogen) atoms. The van der Waals surface area contributed by atoms with Crippen molar-refractivity contribution < 1.29 is 13.9 Å². The first-order valence-corrected chi connectivity index (χ1v) is 7.76. The lowest BCUT2D eigenvalue weighted by Gasteiger charge is -2.07. The number of benzene rings is 1. The number of hydrogen-bond donors (Lipinski definition) is 2. The summed E-state index contributed by atoms with van der Waals surface area (Å²) in [5.41, 5.74) is 0.680. The van der Waals surface area contributed by atoms with Crippen molar-refractivity contribution >= 4 is 16.9 Å². The number of halogens is 1. The van der Waals surface area contributed by atoms with E-state index in [1.807, 2.05) is 6.92 Å². The number of fused-ring (bicyclic) bond motifs is 1. The van der Waals surface area contributed by atoms with Crippen LogP contribution in [0.4, 0.5) is 4.39 Å². The summed E-state index contributed by atoms with van der Waals surface area (Å²) in [6.07, 6.45) is 1.34. The van der Waals surface area contributed by atoms with Gasteiger partial charge in [-0.1, -0.05) is 12.1 Å². The number of carbonyl (C=O) groups excluding carboxylic acids is 1. The van der Waals surface area contributed by atoms with Gasteiger partial charge in [0.05, 0.1) is 12.1 Å². The van der Waals surface area contributed by atoms with Crippen LogP contribution in [-0.4, -0.2) is 22.5 Å². The lowest BCUT2D eigenvalue weighted by atomic mass is 10.2. The molecule has 6 nitrogen and oxygen atoms in total. The Kier molecular flexibility index (Phi) is 4.74. The fourth-order valence-electron chi connectivity index (χ4n) is 2.40. The van der Waals surface area contributed by atoms with Gasteiger partial charge in [-0.25, -0.2) is 9.37 Å². The molecule has 0 aliphatic rings. The van der Waals surface area contributed by atoms with Crippen molar-refractivity contribution in [2.45, 2.75) is 13.5 Å². The Morgan fingerprint density at radius 2 is 2.16 bits per heavy atom. The number of aromatic amines is 1. The Hall–Kier alpha value is -3.22. The molecule has 0 saturated heterocycles. The molecule has 1 aromatic carbocycles. The zero-order chi connectivity index (χ0) is 17.8. The number of aromatic nitrogens is 2. The normalized spacial score (nSPS) is 10.6. The third-order valence-corrected chi connectivity index (χ3v) is 3.58. The molecule has 2 heterocycles. The van der Waals surface area contributed by atoms with Crippen LogP contribution >= 0.6 is 0 Å². The summed E-state index contributed by atoms with van der Waals surface area (Å²) >= 11 is 0. The topological polar surface area (TPSA) is 84.1 Å². The number of pyridine rings is 2. The van der Waals surface area contributed by atoms with Crippen LogP contribution in [0.25, 0.3) is 11.0 Å². The molecule has 0 fully saturated rings. The van der Waals surface area contributed by atoms with Crippen molar-refractivity contribution in [2.75, 3.05) is 6.61 Å². The van der Waals surface area contributed by atoms with E-state index in [9.17, 15) is 14.0 Å². The number of carbonyl (C=O) groups is 1. The van der Waals surface area contributed by atoms with Gasteiger partial charge in [0.15, 0.2) is 0 Å². The summed E-state index contributed by atoms with van der Waals surface area (Å²) in [5, 5.41) is 2.60. The van der Waals surface area contributed by atoms with Gasteiger partial charge in [0.25, 0.3) is 5.91 Å². The van der Waals surface area contributed by atoms with Crippen LogP contribution in [0.1, 0.15) is 22.8 Å². The van der Waals surface area contributed by atoms with Crippen LogP contribution in [-0.2, 0) is 6.54 Å². The van der Waals surface area contributed by atoms with E-state index in [1.165, 1.54) is 18.3 Å². The summed E-state index contributed by atoms with van der Waals surface area (Å²) in [4.78, 5) is 31.8. The summed E-state index contributed by atoms with van der Waals surface area (Å²) < 4.78 is 18.5. The number of ether oxygens (including phenoxy) is 1. The van der Waals surface area contributed by atoms with Crippen LogP contribution in [0.15, 0.2) is 47.4 Å². The second kappa shape index (κ2) is 7.12. The van der Waals surface area contributed by atoms with Crippen molar-refractivity contribution in [3.8, 4) is 5.88 Å². The molecule has 0 bridgehead atoms. The van der Waals surface area contributed by atoms with Gasteiger partial charge in [0.1, 0.15) is 16.9 Å². The molecular formula is C18H16FN3O3. The SMILES string of the molecule is CCOc1ccc2[nH]cc(C(=O)NCc3cccc(F)c3)c(=O)c2n1. The number of nitrogens with one attached hydrogen (secondary N) is 2. The smallest absolute Gasteiger partial charge is 0.257 e. The minimum atomic E-state index is -0.559. The molecule has 3 aromatic rings. The molecule has 0 saturated carbocycles. The van der Waals surface area contributed by atoms with E-state index in [1.54, 1.807) is 24.3 Å². The van der Waals surface area contributed by atoms with E-state index in [4.69, 9.17) is 4.74 Å². The molecule has 2 aromatic heterocycles. The standard InChI is InChI=1S/C18H16FN3O3/c1-2-25-15-7-6-14-16(22-15)17(23)13(10-20-14)18(24)21-9-11-4-3-5-12(19)8-11/h3-8,10H,2,9H2,1H3,(H,20,23)(H,21,24). The van der Waals surface area contributed by atoms with Gasteiger partial charge < -0.3 is 15.0 Å². The number of hydrogen-bond acceptors (Lipinski definition) is 4. The number of H-pyrrole nitrogens is 1. The van der Waals surface area contributed by atoms with Crippen LogP contribution in [0.5, 0.6) is 5.88 Å². The van der Waals surface area contributed by atoms with E-state index in [0.717, 1.165) is 0 Å². The third kappa shape index (κ3) is 3.65. The van der Waals surface area contributed by atoms with Gasteiger partial charge in [-0.05, 0) is 30.7 Å². The molecule has 128 valence electrons. The zero-order valence-corrected chi connectivity index (χ0v) is 13.5. The average Bonchev–Trinajstić information content (AvgIpc) is 2.61. The molecule has 1 amide bonds. The molecule has 0 radical (unpaired) electrons. The van der Waals surface area contributed by atoms with Gasteiger partial charge >= 0.3 is 0 Å². The second-order valence-corrected chi connectivity index (χ2v) is 5.32. The highest BCUT2D eigenvalue weighted by molar-refractivity contribution is 5.96. The molecule has 3 rings (SSSR count). The van der Waals surface area contributed by atoms with Crippen molar-refractivity contribution in [3.05, 3.63) is 69.8 Å². The number of nitrogens with zero attached hydrogens (tertiary/aromatic N) is 1. The van der Waals surface area contributed by atoms with Gasteiger partial charge in [0, 0.05) is 18.8 Å². The molecular weight excluding hydrogens is 325 g/mol. The monoisotopic (exact) mass is 341 g/mol. The zero-order valence-electron chi connectivity index (χ0n) is 13.5. The largest absolute Gasteiger partial charge is 0.478 e. The quantitative estimate of drug-likeness (QED) is 0.746. The Morgan fingerprint density at radius 3 is 2.92 bits per heavy atom.